The van der Waals surface area contributed by atoms with Crippen molar-refractivity contribution < 1.29 is 14.3 Å². The zero-order chi connectivity index (χ0) is 15.6. The van der Waals surface area contributed by atoms with E-state index in [0.29, 0.717) is 23.7 Å². The molecule has 0 amide bonds. The molecule has 2 unspecified atom stereocenters. The summed E-state index contributed by atoms with van der Waals surface area (Å²) in [5, 5.41) is -0.334. The van der Waals surface area contributed by atoms with Gasteiger partial charge in [-0.05, 0) is 32.9 Å². The Balaban J connectivity index is 2.69. The van der Waals surface area contributed by atoms with E-state index in [1.807, 2.05) is 32.0 Å². The van der Waals surface area contributed by atoms with E-state index in [-0.39, 0.29) is 11.3 Å². The predicted molar refractivity (Wildman–Crippen MR) is 81.9 cm³/mol. The molecule has 0 radical (unpaired) electrons. The number of imidazole rings is 1. The van der Waals surface area contributed by atoms with Crippen LogP contribution in [0.15, 0.2) is 18.2 Å². The van der Waals surface area contributed by atoms with Gasteiger partial charge in [-0.15, -0.1) is 11.6 Å². The molecule has 0 N–H and O–H groups in total. The molecule has 2 atom stereocenters. The normalized spacial score (nSPS) is 14.0. The number of ether oxygens (including phenoxy) is 2. The van der Waals surface area contributed by atoms with Gasteiger partial charge in [0, 0.05) is 0 Å². The molecule has 0 spiro atoms. The maximum absolute atomic E-state index is 11.9. The van der Waals surface area contributed by atoms with Crippen molar-refractivity contribution in [2.24, 2.45) is 0 Å². The van der Waals surface area contributed by atoms with Crippen LogP contribution in [0.1, 0.15) is 38.0 Å². The van der Waals surface area contributed by atoms with Crippen LogP contribution in [0, 0.1) is 0 Å². The zero-order valence-electron chi connectivity index (χ0n) is 12.6. The van der Waals surface area contributed by atoms with E-state index in [1.54, 1.807) is 11.5 Å². The van der Waals surface area contributed by atoms with E-state index in [4.69, 9.17) is 21.1 Å². The van der Waals surface area contributed by atoms with E-state index in [2.05, 4.69) is 4.98 Å². The summed E-state index contributed by atoms with van der Waals surface area (Å²) in [4.78, 5) is 16.5. The number of halogens is 1. The molecule has 1 aromatic heterocycles. The maximum Gasteiger partial charge on any atom is 0.328 e. The molecule has 6 heteroatoms. The van der Waals surface area contributed by atoms with Crippen LogP contribution < -0.4 is 4.74 Å². The lowest BCUT2D eigenvalue weighted by Gasteiger charge is -2.16. The van der Waals surface area contributed by atoms with E-state index < -0.39 is 6.04 Å². The molecule has 0 aliphatic heterocycles. The van der Waals surface area contributed by atoms with Crippen molar-refractivity contribution in [1.82, 2.24) is 9.55 Å². The van der Waals surface area contributed by atoms with Crippen LogP contribution in [-0.2, 0) is 9.53 Å². The van der Waals surface area contributed by atoms with Gasteiger partial charge in [-0.25, -0.2) is 9.78 Å². The van der Waals surface area contributed by atoms with Crippen molar-refractivity contribution in [2.75, 3.05) is 13.7 Å². The summed E-state index contributed by atoms with van der Waals surface area (Å²) in [6, 6.07) is 5.12. The third-order valence-electron chi connectivity index (χ3n) is 3.30. The third kappa shape index (κ3) is 2.83. The lowest BCUT2D eigenvalue weighted by Crippen LogP contribution is -2.20. The minimum Gasteiger partial charge on any atom is -0.492 e. The summed E-state index contributed by atoms with van der Waals surface area (Å²) in [5.74, 6) is 0.968. The third-order valence-corrected chi connectivity index (χ3v) is 3.49. The molecule has 21 heavy (non-hydrogen) atoms. The Morgan fingerprint density at radius 2 is 2.14 bits per heavy atom. The number of methoxy groups -OCH3 is 1. The second-order valence-corrected chi connectivity index (χ2v) is 5.37. The Hall–Kier alpha value is -1.75. The van der Waals surface area contributed by atoms with Crippen LogP contribution in [0.2, 0.25) is 0 Å². The standard InChI is InChI=1S/C15H19ClN2O3/c1-5-21-12-8-6-7-11-13(12)17-14(9(2)16)18(11)10(3)15(19)20-4/h6-10H,5H2,1-4H3. The summed E-state index contributed by atoms with van der Waals surface area (Å²) < 4.78 is 12.2. The fraction of sp³-hybridized carbons (Fsp3) is 0.467. The number of esters is 1. The highest BCUT2D eigenvalue weighted by Crippen LogP contribution is 2.32. The number of carbonyl (C=O) groups is 1. The number of nitrogens with zero attached hydrogens (tertiary/aromatic N) is 2. The smallest absolute Gasteiger partial charge is 0.328 e. The minimum absolute atomic E-state index is 0.334. The van der Waals surface area contributed by atoms with Crippen LogP contribution in [0.5, 0.6) is 5.75 Å². The number of hydrogen-bond donors (Lipinski definition) is 0. The van der Waals surface area contributed by atoms with Crippen LogP contribution in [-0.4, -0.2) is 29.2 Å². The summed E-state index contributed by atoms with van der Waals surface area (Å²) in [5.41, 5.74) is 1.51. The number of rotatable bonds is 5. The molecule has 2 aromatic rings. The lowest BCUT2D eigenvalue weighted by atomic mass is 10.2. The Labute approximate surface area is 128 Å². The zero-order valence-corrected chi connectivity index (χ0v) is 13.3. The Morgan fingerprint density at radius 1 is 1.43 bits per heavy atom. The number of hydrogen-bond acceptors (Lipinski definition) is 4. The lowest BCUT2D eigenvalue weighted by molar-refractivity contribution is -0.143. The average Bonchev–Trinajstić information content (AvgIpc) is 2.86. The largest absolute Gasteiger partial charge is 0.492 e. The van der Waals surface area contributed by atoms with Crippen molar-refractivity contribution >= 4 is 28.6 Å². The number of fused-ring (bicyclic) bond motifs is 1. The Kier molecular flexibility index (Phi) is 4.73. The Bertz CT molecular complexity index is 652. The highest BCUT2D eigenvalue weighted by Gasteiger charge is 2.25. The number of benzene rings is 1. The average molecular weight is 311 g/mol. The maximum atomic E-state index is 11.9. The number of para-hydroxylation sites is 1. The van der Waals surface area contributed by atoms with Crippen LogP contribution in [0.25, 0.3) is 11.0 Å². The van der Waals surface area contributed by atoms with Crippen LogP contribution >= 0.6 is 11.6 Å². The first-order chi connectivity index (χ1) is 10.0. The van der Waals surface area contributed by atoms with Gasteiger partial charge in [0.2, 0.25) is 0 Å². The quantitative estimate of drug-likeness (QED) is 0.627. The molecule has 0 aliphatic carbocycles. The van der Waals surface area contributed by atoms with E-state index in [9.17, 15) is 4.79 Å². The van der Waals surface area contributed by atoms with E-state index in [1.165, 1.54) is 7.11 Å². The molecule has 0 saturated carbocycles. The number of alkyl halides is 1. The van der Waals surface area contributed by atoms with Gasteiger partial charge in [0.25, 0.3) is 0 Å². The number of aromatic nitrogens is 2. The van der Waals surface area contributed by atoms with Gasteiger partial charge in [-0.1, -0.05) is 6.07 Å². The van der Waals surface area contributed by atoms with Gasteiger partial charge in [0.1, 0.15) is 23.1 Å². The summed E-state index contributed by atoms with van der Waals surface area (Å²) in [7, 11) is 1.37. The number of carbonyl (C=O) groups excluding carboxylic acids is 1. The van der Waals surface area contributed by atoms with Crippen LogP contribution in [0.4, 0.5) is 0 Å². The molecule has 1 heterocycles. The summed E-state index contributed by atoms with van der Waals surface area (Å²) >= 11 is 6.22. The second-order valence-electron chi connectivity index (χ2n) is 4.71. The molecule has 1 aromatic carbocycles. The molecule has 5 nitrogen and oxygen atoms in total. The van der Waals surface area contributed by atoms with Crippen LogP contribution in [0.3, 0.4) is 0 Å². The van der Waals surface area contributed by atoms with E-state index in [0.717, 1.165) is 5.52 Å². The fourth-order valence-corrected chi connectivity index (χ4v) is 2.50. The molecular formula is C15H19ClN2O3. The summed E-state index contributed by atoms with van der Waals surface area (Å²) in [6.07, 6.45) is 0. The van der Waals surface area contributed by atoms with Gasteiger partial charge >= 0.3 is 5.97 Å². The van der Waals surface area contributed by atoms with Crippen molar-refractivity contribution in [3.05, 3.63) is 24.0 Å². The van der Waals surface area contributed by atoms with Gasteiger partial charge < -0.3 is 14.0 Å². The molecular weight excluding hydrogens is 292 g/mol. The van der Waals surface area contributed by atoms with Crippen molar-refractivity contribution in [2.45, 2.75) is 32.2 Å². The van der Waals surface area contributed by atoms with Crippen molar-refractivity contribution in [3.8, 4) is 5.75 Å². The van der Waals surface area contributed by atoms with Gasteiger partial charge in [-0.2, -0.15) is 0 Å². The van der Waals surface area contributed by atoms with Gasteiger partial charge in [-0.3, -0.25) is 0 Å². The first-order valence-corrected chi connectivity index (χ1v) is 7.30. The minimum atomic E-state index is -0.506. The van der Waals surface area contributed by atoms with Gasteiger partial charge in [0.15, 0.2) is 0 Å². The molecule has 0 bridgehead atoms. The molecule has 114 valence electrons. The molecule has 0 fully saturated rings. The topological polar surface area (TPSA) is 53.4 Å². The molecule has 0 aliphatic rings. The highest BCUT2D eigenvalue weighted by molar-refractivity contribution is 6.20. The summed E-state index contributed by atoms with van der Waals surface area (Å²) in [6.45, 7) is 6.05. The van der Waals surface area contributed by atoms with Crippen molar-refractivity contribution in [3.63, 3.8) is 0 Å². The first-order valence-electron chi connectivity index (χ1n) is 6.86. The van der Waals surface area contributed by atoms with Crippen molar-refractivity contribution in [1.29, 1.82) is 0 Å². The predicted octanol–water partition coefficient (Wildman–Crippen LogP) is 3.47. The molecule has 2 rings (SSSR count). The Morgan fingerprint density at radius 3 is 2.71 bits per heavy atom. The second kappa shape index (κ2) is 6.35. The highest BCUT2D eigenvalue weighted by atomic mass is 35.5. The SMILES string of the molecule is CCOc1cccc2c1nc(C(C)Cl)n2C(C)C(=O)OC. The van der Waals surface area contributed by atoms with E-state index >= 15 is 0 Å². The van der Waals surface area contributed by atoms with Gasteiger partial charge in [0.05, 0.1) is 24.6 Å². The molecule has 0 saturated heterocycles. The first kappa shape index (κ1) is 15.6. The monoisotopic (exact) mass is 310 g/mol. The fourth-order valence-electron chi connectivity index (χ4n) is 2.34.